The number of thioether (sulfide) groups is 1. The van der Waals surface area contributed by atoms with Gasteiger partial charge in [-0.3, -0.25) is 14.6 Å². The molecule has 1 aromatic heterocycles. The molecule has 6 heteroatoms. The Bertz CT molecular complexity index is 792. The maximum Gasteiger partial charge on any atom is 0.319 e. The normalized spacial score (nSPS) is 17.6. The molecular weight excluding hydrogens is 348 g/mol. The van der Waals surface area contributed by atoms with Crippen LogP contribution in [0.25, 0.3) is 0 Å². The van der Waals surface area contributed by atoms with Crippen LogP contribution in [0.5, 0.6) is 0 Å². The number of cyclic esters (lactones) is 1. The highest BCUT2D eigenvalue weighted by Crippen LogP contribution is 2.29. The number of hydrogen-bond acceptors (Lipinski definition) is 5. The number of ether oxygens (including phenoxy) is 1. The molecule has 1 aliphatic rings. The average molecular weight is 370 g/mol. The maximum atomic E-state index is 12.5. The van der Waals surface area contributed by atoms with E-state index in [0.717, 1.165) is 28.9 Å². The Morgan fingerprint density at radius 1 is 1.35 bits per heavy atom. The Hall–Kier alpha value is -2.34. The molecule has 2 aromatic rings. The number of pyridine rings is 1. The number of aromatic nitrogens is 1. The van der Waals surface area contributed by atoms with Gasteiger partial charge in [0.1, 0.15) is 5.25 Å². The molecule has 136 valence electrons. The van der Waals surface area contributed by atoms with Gasteiger partial charge < -0.3 is 10.1 Å². The lowest BCUT2D eigenvalue weighted by atomic mass is 10.0. The fourth-order valence-electron chi connectivity index (χ4n) is 2.95. The summed E-state index contributed by atoms with van der Waals surface area (Å²) in [7, 11) is 0. The zero-order valence-electron chi connectivity index (χ0n) is 14.9. The molecule has 1 aromatic carbocycles. The maximum absolute atomic E-state index is 12.5. The number of carbonyl (C=O) groups is 2. The van der Waals surface area contributed by atoms with Crippen molar-refractivity contribution >= 4 is 23.6 Å². The molecule has 0 bridgehead atoms. The van der Waals surface area contributed by atoms with Gasteiger partial charge >= 0.3 is 5.97 Å². The minimum absolute atomic E-state index is 0.0947. The summed E-state index contributed by atoms with van der Waals surface area (Å²) in [6, 6.07) is 9.18. The summed E-state index contributed by atoms with van der Waals surface area (Å²) in [6.45, 7) is 4.54. The SMILES string of the molecule is CCc1cnccc1C(C)NC(=O)c1ccc(SC2CCOC2=O)cc1. The summed E-state index contributed by atoms with van der Waals surface area (Å²) in [6.07, 6.45) is 5.20. The molecule has 0 spiro atoms. The zero-order chi connectivity index (χ0) is 18.5. The number of carbonyl (C=O) groups excluding carboxylic acids is 2. The molecule has 1 saturated heterocycles. The number of hydrogen-bond donors (Lipinski definition) is 1. The smallest absolute Gasteiger partial charge is 0.319 e. The van der Waals surface area contributed by atoms with Crippen molar-refractivity contribution in [3.8, 4) is 0 Å². The van der Waals surface area contributed by atoms with E-state index in [0.29, 0.717) is 12.2 Å². The van der Waals surface area contributed by atoms with Crippen LogP contribution in [0.15, 0.2) is 47.6 Å². The van der Waals surface area contributed by atoms with E-state index in [4.69, 9.17) is 4.74 Å². The number of amides is 1. The van der Waals surface area contributed by atoms with Gasteiger partial charge in [0.2, 0.25) is 0 Å². The number of benzene rings is 1. The Balaban J connectivity index is 1.63. The lowest BCUT2D eigenvalue weighted by Gasteiger charge is -2.17. The highest BCUT2D eigenvalue weighted by Gasteiger charge is 2.27. The van der Waals surface area contributed by atoms with Crippen LogP contribution in [0.2, 0.25) is 0 Å². The average Bonchev–Trinajstić information content (AvgIpc) is 3.06. The third-order valence-electron chi connectivity index (χ3n) is 4.42. The monoisotopic (exact) mass is 370 g/mol. The van der Waals surface area contributed by atoms with E-state index in [-0.39, 0.29) is 23.2 Å². The van der Waals surface area contributed by atoms with E-state index in [1.54, 1.807) is 18.3 Å². The third kappa shape index (κ3) is 4.25. The molecule has 0 aliphatic carbocycles. The quantitative estimate of drug-likeness (QED) is 0.788. The lowest BCUT2D eigenvalue weighted by Crippen LogP contribution is -2.27. The van der Waals surface area contributed by atoms with E-state index in [1.165, 1.54) is 11.8 Å². The van der Waals surface area contributed by atoms with Gasteiger partial charge in [0, 0.05) is 29.3 Å². The number of nitrogens with zero attached hydrogens (tertiary/aromatic N) is 1. The van der Waals surface area contributed by atoms with E-state index >= 15 is 0 Å². The fraction of sp³-hybridized carbons (Fsp3) is 0.350. The first-order valence-electron chi connectivity index (χ1n) is 8.75. The first-order valence-corrected chi connectivity index (χ1v) is 9.63. The van der Waals surface area contributed by atoms with Crippen LogP contribution >= 0.6 is 11.8 Å². The van der Waals surface area contributed by atoms with Crippen LogP contribution in [0.1, 0.15) is 47.8 Å². The summed E-state index contributed by atoms with van der Waals surface area (Å²) >= 11 is 1.48. The van der Waals surface area contributed by atoms with Crippen molar-refractivity contribution in [2.45, 2.75) is 42.9 Å². The molecular formula is C20H22N2O3S. The van der Waals surface area contributed by atoms with E-state index in [2.05, 4.69) is 17.2 Å². The van der Waals surface area contributed by atoms with Gasteiger partial charge in [-0.1, -0.05) is 6.92 Å². The number of aryl methyl sites for hydroxylation is 1. The molecule has 0 saturated carbocycles. The van der Waals surface area contributed by atoms with Crippen molar-refractivity contribution < 1.29 is 14.3 Å². The molecule has 26 heavy (non-hydrogen) atoms. The summed E-state index contributed by atoms with van der Waals surface area (Å²) in [4.78, 5) is 29.2. The third-order valence-corrected chi connectivity index (χ3v) is 5.68. The summed E-state index contributed by atoms with van der Waals surface area (Å²) < 4.78 is 4.98. The Labute approximate surface area is 157 Å². The second kappa shape index (κ2) is 8.36. The number of esters is 1. The largest absolute Gasteiger partial charge is 0.465 e. The van der Waals surface area contributed by atoms with Gasteiger partial charge in [-0.05, 0) is 54.8 Å². The van der Waals surface area contributed by atoms with E-state index in [9.17, 15) is 9.59 Å². The zero-order valence-corrected chi connectivity index (χ0v) is 15.7. The molecule has 0 radical (unpaired) electrons. The summed E-state index contributed by atoms with van der Waals surface area (Å²) in [5, 5.41) is 2.89. The highest BCUT2D eigenvalue weighted by molar-refractivity contribution is 8.00. The molecule has 2 atom stereocenters. The minimum atomic E-state index is -0.158. The summed E-state index contributed by atoms with van der Waals surface area (Å²) in [5.41, 5.74) is 2.82. The fourth-order valence-corrected chi connectivity index (χ4v) is 3.95. The van der Waals surface area contributed by atoms with Gasteiger partial charge in [0.25, 0.3) is 5.91 Å². The van der Waals surface area contributed by atoms with E-state index in [1.807, 2.05) is 31.3 Å². The number of nitrogens with one attached hydrogen (secondary N) is 1. The predicted octanol–water partition coefficient (Wildman–Crippen LogP) is 3.54. The minimum Gasteiger partial charge on any atom is -0.465 e. The predicted molar refractivity (Wildman–Crippen MR) is 101 cm³/mol. The molecule has 2 heterocycles. The molecule has 3 rings (SSSR count). The van der Waals surface area contributed by atoms with Gasteiger partial charge in [0.15, 0.2) is 0 Å². The van der Waals surface area contributed by atoms with Crippen LogP contribution in [0.3, 0.4) is 0 Å². The molecule has 2 unspecified atom stereocenters. The van der Waals surface area contributed by atoms with Crippen molar-refractivity contribution in [2.24, 2.45) is 0 Å². The Morgan fingerprint density at radius 2 is 2.12 bits per heavy atom. The first-order chi connectivity index (χ1) is 12.6. The Morgan fingerprint density at radius 3 is 2.77 bits per heavy atom. The topological polar surface area (TPSA) is 68.3 Å². The van der Waals surface area contributed by atoms with Gasteiger partial charge in [-0.15, -0.1) is 11.8 Å². The van der Waals surface area contributed by atoms with Gasteiger partial charge in [-0.2, -0.15) is 0 Å². The highest BCUT2D eigenvalue weighted by atomic mass is 32.2. The van der Waals surface area contributed by atoms with Crippen molar-refractivity contribution in [1.29, 1.82) is 0 Å². The summed E-state index contributed by atoms with van der Waals surface area (Å²) in [5.74, 6) is -0.275. The number of rotatable bonds is 6. The second-order valence-corrected chi connectivity index (χ2v) is 7.49. The van der Waals surface area contributed by atoms with Crippen LogP contribution in [0.4, 0.5) is 0 Å². The van der Waals surface area contributed by atoms with Crippen LogP contribution < -0.4 is 5.32 Å². The second-order valence-electron chi connectivity index (χ2n) is 6.21. The van der Waals surface area contributed by atoms with Crippen molar-refractivity contribution in [3.63, 3.8) is 0 Å². The molecule has 5 nitrogen and oxygen atoms in total. The van der Waals surface area contributed by atoms with Crippen molar-refractivity contribution in [2.75, 3.05) is 6.61 Å². The Kier molecular flexibility index (Phi) is 5.93. The molecule has 1 aliphatic heterocycles. The van der Waals surface area contributed by atoms with Gasteiger partial charge in [-0.25, -0.2) is 0 Å². The van der Waals surface area contributed by atoms with Crippen LogP contribution in [-0.2, 0) is 16.0 Å². The van der Waals surface area contributed by atoms with Gasteiger partial charge in [0.05, 0.1) is 12.6 Å². The molecule has 1 fully saturated rings. The lowest BCUT2D eigenvalue weighted by molar-refractivity contribution is -0.137. The van der Waals surface area contributed by atoms with Crippen molar-refractivity contribution in [1.82, 2.24) is 10.3 Å². The van der Waals surface area contributed by atoms with E-state index < -0.39 is 0 Å². The standard InChI is InChI=1S/C20H22N2O3S/c1-3-14-12-21-10-8-17(14)13(2)22-19(23)15-4-6-16(7-5-15)26-18-9-11-25-20(18)24/h4-8,10,12-13,18H,3,9,11H2,1-2H3,(H,22,23). The van der Waals surface area contributed by atoms with Crippen LogP contribution in [0, 0.1) is 0 Å². The first kappa shape index (κ1) is 18.5. The van der Waals surface area contributed by atoms with Crippen LogP contribution in [-0.4, -0.2) is 28.7 Å². The molecule has 1 amide bonds. The van der Waals surface area contributed by atoms with Crippen molar-refractivity contribution in [3.05, 3.63) is 59.4 Å². The molecule has 1 N–H and O–H groups in total.